The van der Waals surface area contributed by atoms with Crippen LogP contribution in [0.2, 0.25) is 0 Å². The van der Waals surface area contributed by atoms with Crippen molar-refractivity contribution in [3.05, 3.63) is 23.7 Å². The van der Waals surface area contributed by atoms with Gasteiger partial charge >= 0.3 is 0 Å². The van der Waals surface area contributed by atoms with Gasteiger partial charge in [-0.1, -0.05) is 5.16 Å². The summed E-state index contributed by atoms with van der Waals surface area (Å²) in [6.45, 7) is 3.14. The molecule has 1 fully saturated rings. The Bertz CT molecular complexity index is 654. The molecule has 0 spiro atoms. The van der Waals surface area contributed by atoms with Gasteiger partial charge in [0.15, 0.2) is 5.82 Å². The average molecular weight is 286 g/mol. The van der Waals surface area contributed by atoms with Gasteiger partial charge < -0.3 is 19.3 Å². The van der Waals surface area contributed by atoms with Crippen molar-refractivity contribution in [2.45, 2.75) is 12.5 Å². The first-order chi connectivity index (χ1) is 10.2. The normalized spacial score (nSPS) is 20.5. The summed E-state index contributed by atoms with van der Waals surface area (Å²) in [4.78, 5) is 12.0. The number of nitrogens with zero attached hydrogens (tertiary/aromatic N) is 5. The SMILES string of the molecule is CN1CCN(C)C(Cc2noc(-c3ccc(C#N)[nH]3)n2)C1. The number of rotatable bonds is 3. The van der Waals surface area contributed by atoms with Crippen LogP contribution in [0.5, 0.6) is 0 Å². The molecule has 7 nitrogen and oxygen atoms in total. The number of hydrogen-bond donors (Lipinski definition) is 1. The van der Waals surface area contributed by atoms with Crippen molar-refractivity contribution in [1.29, 1.82) is 5.26 Å². The van der Waals surface area contributed by atoms with Crippen LogP contribution in [0.25, 0.3) is 11.6 Å². The van der Waals surface area contributed by atoms with Gasteiger partial charge in [-0.25, -0.2) is 0 Å². The number of hydrogen-bond acceptors (Lipinski definition) is 6. The van der Waals surface area contributed by atoms with E-state index < -0.39 is 0 Å². The molecule has 1 N–H and O–H groups in total. The first kappa shape index (κ1) is 13.8. The van der Waals surface area contributed by atoms with Crippen molar-refractivity contribution in [2.24, 2.45) is 0 Å². The van der Waals surface area contributed by atoms with E-state index >= 15 is 0 Å². The summed E-state index contributed by atoms with van der Waals surface area (Å²) in [5.41, 5.74) is 1.16. The number of H-pyrrole nitrogens is 1. The molecule has 1 aliphatic heterocycles. The molecule has 1 unspecified atom stereocenters. The van der Waals surface area contributed by atoms with Gasteiger partial charge in [-0.3, -0.25) is 0 Å². The van der Waals surface area contributed by atoms with E-state index in [1.54, 1.807) is 12.1 Å². The molecular weight excluding hydrogens is 268 g/mol. The Balaban J connectivity index is 1.71. The minimum Gasteiger partial charge on any atom is -0.342 e. The van der Waals surface area contributed by atoms with E-state index in [1.807, 2.05) is 6.07 Å². The van der Waals surface area contributed by atoms with Crippen LogP contribution in [0, 0.1) is 11.3 Å². The zero-order valence-corrected chi connectivity index (χ0v) is 12.2. The van der Waals surface area contributed by atoms with E-state index in [0.717, 1.165) is 26.1 Å². The maximum absolute atomic E-state index is 8.82. The fourth-order valence-corrected chi connectivity index (χ4v) is 2.56. The maximum atomic E-state index is 8.82. The molecule has 0 bridgehead atoms. The van der Waals surface area contributed by atoms with Crippen LogP contribution in [0.3, 0.4) is 0 Å². The van der Waals surface area contributed by atoms with Crippen LogP contribution < -0.4 is 0 Å². The summed E-state index contributed by atoms with van der Waals surface area (Å²) in [6.07, 6.45) is 0.760. The maximum Gasteiger partial charge on any atom is 0.274 e. The van der Waals surface area contributed by atoms with E-state index in [2.05, 4.69) is 39.0 Å². The molecule has 7 heteroatoms. The molecular formula is C14H18N6O. The average Bonchev–Trinajstić information content (AvgIpc) is 3.11. The Morgan fingerprint density at radius 2 is 2.29 bits per heavy atom. The predicted octanol–water partition coefficient (Wildman–Crippen LogP) is 0.725. The van der Waals surface area contributed by atoms with Crippen molar-refractivity contribution in [2.75, 3.05) is 33.7 Å². The summed E-state index contributed by atoms with van der Waals surface area (Å²) in [5.74, 6) is 1.13. The van der Waals surface area contributed by atoms with E-state index in [4.69, 9.17) is 9.78 Å². The van der Waals surface area contributed by atoms with Crippen LogP contribution >= 0.6 is 0 Å². The molecule has 1 saturated heterocycles. The summed E-state index contributed by atoms with van der Waals surface area (Å²) >= 11 is 0. The van der Waals surface area contributed by atoms with Crippen LogP contribution in [-0.4, -0.2) is 64.7 Å². The van der Waals surface area contributed by atoms with Gasteiger partial charge in [0.05, 0.1) is 0 Å². The number of likely N-dealkylation sites (N-methyl/N-ethyl adjacent to an activating group) is 2. The fourth-order valence-electron chi connectivity index (χ4n) is 2.56. The lowest BCUT2D eigenvalue weighted by Crippen LogP contribution is -2.50. The predicted molar refractivity (Wildman–Crippen MR) is 76.4 cm³/mol. The zero-order valence-electron chi connectivity index (χ0n) is 12.2. The Kier molecular flexibility index (Phi) is 3.73. The topological polar surface area (TPSA) is 85.0 Å². The Labute approximate surface area is 123 Å². The van der Waals surface area contributed by atoms with Crippen LogP contribution in [0.1, 0.15) is 11.5 Å². The molecule has 2 aromatic rings. The third-order valence-electron chi connectivity index (χ3n) is 3.90. The van der Waals surface area contributed by atoms with Crippen molar-refractivity contribution >= 4 is 0 Å². The number of nitrogens with one attached hydrogen (secondary N) is 1. The first-order valence-electron chi connectivity index (χ1n) is 6.96. The van der Waals surface area contributed by atoms with Gasteiger partial charge in [0.2, 0.25) is 0 Å². The minimum atomic E-state index is 0.396. The van der Waals surface area contributed by atoms with Gasteiger partial charge in [0.1, 0.15) is 17.5 Å². The molecule has 3 heterocycles. The lowest BCUT2D eigenvalue weighted by Gasteiger charge is -2.37. The van der Waals surface area contributed by atoms with Crippen molar-refractivity contribution < 1.29 is 4.52 Å². The molecule has 1 atom stereocenters. The van der Waals surface area contributed by atoms with E-state index in [9.17, 15) is 0 Å². The first-order valence-corrected chi connectivity index (χ1v) is 6.96. The highest BCUT2D eigenvalue weighted by molar-refractivity contribution is 5.49. The van der Waals surface area contributed by atoms with Crippen LogP contribution in [0.15, 0.2) is 16.7 Å². The number of aromatic nitrogens is 3. The second kappa shape index (κ2) is 5.68. The number of piperazine rings is 1. The third kappa shape index (κ3) is 2.96. The van der Waals surface area contributed by atoms with Crippen LogP contribution in [-0.2, 0) is 6.42 Å². The van der Waals surface area contributed by atoms with E-state index in [0.29, 0.717) is 29.1 Å². The van der Waals surface area contributed by atoms with Gasteiger partial charge in [-0.2, -0.15) is 10.2 Å². The molecule has 110 valence electrons. The largest absolute Gasteiger partial charge is 0.342 e. The van der Waals surface area contributed by atoms with Crippen molar-refractivity contribution in [3.8, 4) is 17.7 Å². The molecule has 21 heavy (non-hydrogen) atoms. The minimum absolute atomic E-state index is 0.396. The standard InChI is InChI=1S/C14H18N6O/c1-19-5-6-20(2)11(9-19)7-13-17-14(21-18-13)12-4-3-10(8-15)16-12/h3-4,11,16H,5-7,9H2,1-2H3. The van der Waals surface area contributed by atoms with Crippen molar-refractivity contribution in [1.82, 2.24) is 24.9 Å². The smallest absolute Gasteiger partial charge is 0.274 e. The quantitative estimate of drug-likeness (QED) is 0.895. The van der Waals surface area contributed by atoms with Gasteiger partial charge in [-0.15, -0.1) is 0 Å². The Morgan fingerprint density at radius 1 is 1.43 bits per heavy atom. The van der Waals surface area contributed by atoms with Crippen LogP contribution in [0.4, 0.5) is 0 Å². The second-order valence-corrected chi connectivity index (χ2v) is 5.51. The van der Waals surface area contributed by atoms with E-state index in [-0.39, 0.29) is 0 Å². The highest BCUT2D eigenvalue weighted by Crippen LogP contribution is 2.18. The zero-order chi connectivity index (χ0) is 14.8. The molecule has 0 aromatic carbocycles. The fraction of sp³-hybridized carbons (Fsp3) is 0.500. The van der Waals surface area contributed by atoms with Crippen molar-refractivity contribution in [3.63, 3.8) is 0 Å². The molecule has 0 saturated carbocycles. The summed E-state index contributed by atoms with van der Waals surface area (Å²) in [7, 11) is 4.26. The van der Waals surface area contributed by atoms with Gasteiger partial charge in [0.25, 0.3) is 5.89 Å². The molecule has 3 rings (SSSR count). The molecule has 0 amide bonds. The summed E-state index contributed by atoms with van der Waals surface area (Å²) in [5, 5.41) is 12.9. The highest BCUT2D eigenvalue weighted by Gasteiger charge is 2.24. The van der Waals surface area contributed by atoms with E-state index in [1.165, 1.54) is 0 Å². The van der Waals surface area contributed by atoms with Gasteiger partial charge in [0, 0.05) is 32.1 Å². The second-order valence-electron chi connectivity index (χ2n) is 5.51. The Hall–Kier alpha value is -2.17. The summed E-state index contributed by atoms with van der Waals surface area (Å²) < 4.78 is 5.28. The number of nitriles is 1. The molecule has 1 aliphatic rings. The molecule has 0 aliphatic carbocycles. The molecule has 0 radical (unpaired) electrons. The summed E-state index contributed by atoms with van der Waals surface area (Å²) in [6, 6.07) is 5.91. The Morgan fingerprint density at radius 3 is 3.05 bits per heavy atom. The van der Waals surface area contributed by atoms with Gasteiger partial charge in [-0.05, 0) is 26.2 Å². The lowest BCUT2D eigenvalue weighted by atomic mass is 10.1. The number of aromatic amines is 1. The monoisotopic (exact) mass is 286 g/mol. The molecule has 2 aromatic heterocycles. The lowest BCUT2D eigenvalue weighted by molar-refractivity contribution is 0.113. The highest BCUT2D eigenvalue weighted by atomic mass is 16.5. The third-order valence-corrected chi connectivity index (χ3v) is 3.90.